The summed E-state index contributed by atoms with van der Waals surface area (Å²) in [7, 11) is 9.66. The van der Waals surface area contributed by atoms with Gasteiger partial charge in [0, 0.05) is 38.9 Å². The Morgan fingerprint density at radius 1 is 1.09 bits per heavy atom. The molecule has 3 rings (SSSR count). The number of guanidine groups is 1. The topological polar surface area (TPSA) is 70.0 Å². The average molecular weight is 442 g/mol. The highest BCUT2D eigenvalue weighted by Gasteiger charge is 2.23. The summed E-state index contributed by atoms with van der Waals surface area (Å²) in [5.74, 6) is 1.71. The van der Waals surface area contributed by atoms with Crippen LogP contribution in [-0.4, -0.2) is 80.0 Å². The van der Waals surface area contributed by atoms with Crippen molar-refractivity contribution in [3.63, 3.8) is 0 Å². The first-order valence-corrected chi connectivity index (χ1v) is 11.5. The van der Waals surface area contributed by atoms with Crippen molar-refractivity contribution in [3.05, 3.63) is 47.8 Å². The Balaban J connectivity index is 1.64. The fourth-order valence-corrected chi connectivity index (χ4v) is 4.33. The zero-order valence-electron chi connectivity index (χ0n) is 20.2. The number of aliphatic imine (C=N–C) groups is 1. The van der Waals surface area contributed by atoms with E-state index < -0.39 is 0 Å². The number of nitrogens with one attached hydrogen (secondary N) is 2. The molecule has 2 unspecified atom stereocenters. The molecule has 1 aliphatic heterocycles. The summed E-state index contributed by atoms with van der Waals surface area (Å²) in [5.41, 5.74) is 2.49. The second-order valence-electron chi connectivity index (χ2n) is 8.65. The molecule has 1 saturated heterocycles. The van der Waals surface area contributed by atoms with Crippen molar-refractivity contribution in [1.29, 1.82) is 0 Å². The highest BCUT2D eigenvalue weighted by molar-refractivity contribution is 5.79. The monoisotopic (exact) mass is 441 g/mol. The Bertz CT molecular complexity index is 840. The summed E-state index contributed by atoms with van der Waals surface area (Å²) in [6.45, 7) is 3.81. The quantitative estimate of drug-likeness (QED) is 0.460. The van der Waals surface area contributed by atoms with Crippen LogP contribution in [0.2, 0.25) is 0 Å². The van der Waals surface area contributed by atoms with Crippen LogP contribution in [0.15, 0.2) is 41.7 Å². The van der Waals surface area contributed by atoms with Crippen LogP contribution in [-0.2, 0) is 7.05 Å². The molecule has 0 amide bonds. The van der Waals surface area contributed by atoms with Crippen LogP contribution >= 0.6 is 0 Å². The third kappa shape index (κ3) is 6.46. The largest absolute Gasteiger partial charge is 0.497 e. The molecular weight excluding hydrogens is 402 g/mol. The summed E-state index contributed by atoms with van der Waals surface area (Å²) >= 11 is 0. The number of ether oxygens (including phenoxy) is 1. The van der Waals surface area contributed by atoms with E-state index in [2.05, 4.69) is 75.1 Å². The molecule has 0 radical (unpaired) electrons. The first-order valence-electron chi connectivity index (χ1n) is 11.5. The molecule has 0 saturated carbocycles. The van der Waals surface area contributed by atoms with Gasteiger partial charge in [-0.1, -0.05) is 18.6 Å². The molecule has 2 aromatic rings. The van der Waals surface area contributed by atoms with Gasteiger partial charge in [0.1, 0.15) is 5.75 Å². The molecule has 8 heteroatoms. The minimum absolute atomic E-state index is 0.210. The van der Waals surface area contributed by atoms with Crippen LogP contribution in [0.5, 0.6) is 5.75 Å². The van der Waals surface area contributed by atoms with Crippen molar-refractivity contribution < 1.29 is 4.74 Å². The van der Waals surface area contributed by atoms with Gasteiger partial charge in [-0.2, -0.15) is 5.10 Å². The summed E-state index contributed by atoms with van der Waals surface area (Å²) < 4.78 is 7.20. The van der Waals surface area contributed by atoms with Crippen LogP contribution in [0.4, 0.5) is 0 Å². The highest BCUT2D eigenvalue weighted by atomic mass is 16.5. The molecule has 1 aromatic heterocycles. The van der Waals surface area contributed by atoms with E-state index >= 15 is 0 Å². The molecule has 2 heterocycles. The molecular formula is C24H39N7O. The van der Waals surface area contributed by atoms with E-state index in [0.717, 1.165) is 37.9 Å². The first-order chi connectivity index (χ1) is 15.5. The maximum atomic E-state index is 5.35. The third-order valence-electron chi connectivity index (χ3n) is 6.21. The van der Waals surface area contributed by atoms with E-state index in [1.54, 1.807) is 7.11 Å². The van der Waals surface area contributed by atoms with Crippen molar-refractivity contribution in [2.75, 3.05) is 54.4 Å². The van der Waals surface area contributed by atoms with Crippen molar-refractivity contribution in [3.8, 4) is 5.75 Å². The molecule has 2 N–H and O–H groups in total. The van der Waals surface area contributed by atoms with Gasteiger partial charge in [0.25, 0.3) is 0 Å². The number of benzene rings is 1. The number of nitrogens with zero attached hydrogens (tertiary/aromatic N) is 5. The smallest absolute Gasteiger partial charge is 0.191 e. The number of aryl methyl sites for hydroxylation is 1. The minimum atomic E-state index is 0.210. The molecule has 32 heavy (non-hydrogen) atoms. The second-order valence-corrected chi connectivity index (χ2v) is 8.65. The van der Waals surface area contributed by atoms with Crippen molar-refractivity contribution in [2.45, 2.75) is 31.3 Å². The maximum absolute atomic E-state index is 5.35. The van der Waals surface area contributed by atoms with Crippen molar-refractivity contribution in [1.82, 2.24) is 30.2 Å². The van der Waals surface area contributed by atoms with Crippen LogP contribution in [0, 0.1) is 0 Å². The zero-order chi connectivity index (χ0) is 22.9. The van der Waals surface area contributed by atoms with Crippen LogP contribution in [0.25, 0.3) is 0 Å². The summed E-state index contributed by atoms with van der Waals surface area (Å²) in [5, 5.41) is 11.4. The number of hydrogen-bond acceptors (Lipinski definition) is 5. The standard InChI is InChI=1S/C24H39N7O/c1-25-24(26-16-22(29(2)3)20-15-28-30(4)18-20)27-17-23(31-13-7-6-8-14-31)19-9-11-21(32-5)12-10-19/h9-12,15,18,22-23H,6-8,13-14,16-17H2,1-5H3,(H2,25,26,27). The predicted molar refractivity (Wildman–Crippen MR) is 130 cm³/mol. The fourth-order valence-electron chi connectivity index (χ4n) is 4.33. The number of rotatable bonds is 9. The van der Waals surface area contributed by atoms with Crippen LogP contribution in [0.1, 0.15) is 42.5 Å². The van der Waals surface area contributed by atoms with Crippen LogP contribution < -0.4 is 15.4 Å². The molecule has 8 nitrogen and oxygen atoms in total. The van der Waals surface area contributed by atoms with Gasteiger partial charge in [-0.15, -0.1) is 0 Å². The predicted octanol–water partition coefficient (Wildman–Crippen LogP) is 2.42. The molecule has 0 aliphatic carbocycles. The molecule has 1 aromatic carbocycles. The molecule has 1 aliphatic rings. The Hall–Kier alpha value is -2.58. The first kappa shape index (κ1) is 24.1. The average Bonchev–Trinajstić information content (AvgIpc) is 3.24. The van der Waals surface area contributed by atoms with Crippen molar-refractivity contribution in [2.24, 2.45) is 12.0 Å². The summed E-state index contributed by atoms with van der Waals surface area (Å²) in [4.78, 5) is 9.26. The zero-order valence-corrected chi connectivity index (χ0v) is 20.2. The Morgan fingerprint density at radius 3 is 2.34 bits per heavy atom. The maximum Gasteiger partial charge on any atom is 0.191 e. The lowest BCUT2D eigenvalue weighted by molar-refractivity contribution is 0.164. The molecule has 0 spiro atoms. The SMILES string of the molecule is CN=C(NCC(c1cnn(C)c1)N(C)C)NCC(c1ccc(OC)cc1)N1CCCCC1. The number of likely N-dealkylation sites (tertiary alicyclic amines) is 1. The lowest BCUT2D eigenvalue weighted by Crippen LogP contribution is -2.46. The number of likely N-dealkylation sites (N-methyl/N-ethyl adjacent to an activating group) is 1. The second kappa shape index (κ2) is 11.9. The number of hydrogen-bond donors (Lipinski definition) is 2. The lowest BCUT2D eigenvalue weighted by Gasteiger charge is -2.35. The van der Waals surface area contributed by atoms with E-state index in [9.17, 15) is 0 Å². The minimum Gasteiger partial charge on any atom is -0.497 e. The third-order valence-corrected chi connectivity index (χ3v) is 6.21. The van der Waals surface area contributed by atoms with Gasteiger partial charge >= 0.3 is 0 Å². The Kier molecular flexibility index (Phi) is 8.93. The van der Waals surface area contributed by atoms with Gasteiger partial charge in [-0.3, -0.25) is 14.6 Å². The molecule has 1 fully saturated rings. The van der Waals surface area contributed by atoms with Crippen LogP contribution in [0.3, 0.4) is 0 Å². The lowest BCUT2D eigenvalue weighted by atomic mass is 10.0. The van der Waals surface area contributed by atoms with Gasteiger partial charge in [-0.25, -0.2) is 0 Å². The van der Waals surface area contributed by atoms with Gasteiger partial charge < -0.3 is 20.3 Å². The fraction of sp³-hybridized carbons (Fsp3) is 0.583. The molecule has 176 valence electrons. The Morgan fingerprint density at radius 2 is 1.78 bits per heavy atom. The van der Waals surface area contributed by atoms with Gasteiger partial charge in [-0.05, 0) is 57.7 Å². The summed E-state index contributed by atoms with van der Waals surface area (Å²) in [6, 6.07) is 8.97. The van der Waals surface area contributed by atoms with E-state index in [4.69, 9.17) is 4.74 Å². The molecule has 2 atom stereocenters. The summed E-state index contributed by atoms with van der Waals surface area (Å²) in [6.07, 6.45) is 7.84. The number of aromatic nitrogens is 2. The van der Waals surface area contributed by atoms with Gasteiger partial charge in [0.05, 0.1) is 25.4 Å². The Labute approximate surface area is 192 Å². The van der Waals surface area contributed by atoms with E-state index in [0.29, 0.717) is 6.04 Å². The van der Waals surface area contributed by atoms with Crippen molar-refractivity contribution >= 4 is 5.96 Å². The van der Waals surface area contributed by atoms with E-state index in [-0.39, 0.29) is 6.04 Å². The highest BCUT2D eigenvalue weighted by Crippen LogP contribution is 2.26. The number of piperidine rings is 1. The van der Waals surface area contributed by atoms with E-state index in [1.807, 2.05) is 25.0 Å². The normalized spacial score (nSPS) is 17.2. The van der Waals surface area contributed by atoms with Gasteiger partial charge in [0.15, 0.2) is 5.96 Å². The van der Waals surface area contributed by atoms with E-state index in [1.165, 1.54) is 30.4 Å². The van der Waals surface area contributed by atoms with Gasteiger partial charge in [0.2, 0.25) is 0 Å². The number of methoxy groups -OCH3 is 1. The molecule has 0 bridgehead atoms.